The van der Waals surface area contributed by atoms with Gasteiger partial charge in [-0.3, -0.25) is 37.5 Å². The van der Waals surface area contributed by atoms with Crippen molar-refractivity contribution in [3.8, 4) is 0 Å². The fourth-order valence-electron chi connectivity index (χ4n) is 6.13. The van der Waals surface area contributed by atoms with Crippen LogP contribution in [0.15, 0.2) is 33.4 Å². The third-order valence-corrected chi connectivity index (χ3v) is 9.41. The number of anilines is 4. The monoisotopic (exact) mass is 688 g/mol. The van der Waals surface area contributed by atoms with Gasteiger partial charge in [0.1, 0.15) is 59.8 Å². The van der Waals surface area contributed by atoms with Crippen molar-refractivity contribution < 1.29 is 38.2 Å². The van der Waals surface area contributed by atoms with Crippen molar-refractivity contribution in [2.75, 3.05) is 35.3 Å². The number of aromatic nitrogens is 8. The van der Waals surface area contributed by atoms with Crippen LogP contribution >= 0.6 is 7.82 Å². The van der Waals surface area contributed by atoms with Crippen LogP contribution in [0.3, 0.4) is 0 Å². The second-order valence-corrected chi connectivity index (χ2v) is 12.7. The van der Waals surface area contributed by atoms with Crippen LogP contribution in [0, 0.1) is 0 Å². The van der Waals surface area contributed by atoms with Crippen molar-refractivity contribution in [1.82, 2.24) is 39.0 Å². The van der Waals surface area contributed by atoms with Gasteiger partial charge in [0.15, 0.2) is 35.1 Å². The predicted molar refractivity (Wildman–Crippen MR) is 160 cm³/mol. The van der Waals surface area contributed by atoms with Crippen LogP contribution in [0.2, 0.25) is 0 Å². The summed E-state index contributed by atoms with van der Waals surface area (Å²) in [4.78, 5) is 71.3. The Morgan fingerprint density at radius 3 is 2.40 bits per heavy atom. The Morgan fingerprint density at radius 1 is 0.896 bits per heavy atom. The Bertz CT molecular complexity index is 2260. The van der Waals surface area contributed by atoms with E-state index in [9.17, 15) is 34.1 Å². The number of nitrogen functional groups attached to an aromatic ring is 2. The predicted octanol–water partition coefficient (Wildman–Crippen LogP) is -3.36. The summed E-state index contributed by atoms with van der Waals surface area (Å²) in [6.07, 6.45) is -6.19. The van der Waals surface area contributed by atoms with Crippen molar-refractivity contribution in [3.05, 3.63) is 49.8 Å². The van der Waals surface area contributed by atoms with E-state index in [2.05, 4.69) is 40.5 Å². The number of H-pyrrole nitrogens is 1. The van der Waals surface area contributed by atoms with E-state index in [1.54, 1.807) is 0 Å². The molecular weight excluding hydrogens is 663 g/mol. The summed E-state index contributed by atoms with van der Waals surface area (Å²) in [6, 6.07) is -1.23. The lowest BCUT2D eigenvalue weighted by molar-refractivity contribution is -0.0498. The van der Waals surface area contributed by atoms with Gasteiger partial charge >= 0.3 is 7.82 Å². The highest BCUT2D eigenvalue weighted by Crippen LogP contribution is 2.50. The fourth-order valence-corrected chi connectivity index (χ4v) is 7.09. The number of hydrogen-bond donors (Lipinski definition) is 8. The molecule has 0 spiro atoms. The number of phosphoric ester groups is 1. The lowest BCUT2D eigenvalue weighted by Crippen LogP contribution is -2.46. The van der Waals surface area contributed by atoms with Crippen molar-refractivity contribution in [2.24, 2.45) is 0 Å². The molecule has 2 saturated heterocycles. The maximum absolute atomic E-state index is 13.3. The summed E-state index contributed by atoms with van der Waals surface area (Å²) < 4.78 is 38.5. The highest BCUT2D eigenvalue weighted by atomic mass is 31.2. The number of aliphatic hydroxyl groups excluding tert-OH is 2. The van der Waals surface area contributed by atoms with Crippen LogP contribution in [0.5, 0.6) is 0 Å². The Hall–Kier alpha value is -4.87. The molecule has 3 aliphatic rings. The molecule has 9 atom stereocenters. The zero-order valence-corrected chi connectivity index (χ0v) is 25.0. The van der Waals surface area contributed by atoms with Crippen LogP contribution in [-0.2, 0) is 23.1 Å². The quantitative estimate of drug-likeness (QED) is 0.0663. The maximum Gasteiger partial charge on any atom is 0.472 e. The van der Waals surface area contributed by atoms with Gasteiger partial charge in [-0.2, -0.15) is 4.98 Å². The van der Waals surface area contributed by atoms with E-state index < -0.39 is 79.9 Å². The first kappa shape index (κ1) is 30.5. The summed E-state index contributed by atoms with van der Waals surface area (Å²) >= 11 is 0. The van der Waals surface area contributed by atoms with E-state index in [0.717, 1.165) is 0 Å². The molecule has 8 rings (SSSR count). The standard InChI is InChI=1S/C24H25N12O11P/c25-18-11-19(29-3-28-18)35(4-30-11)23-16(40)17-6(45-23)1-27-8-9(15(39)14(8)38)32-10-13(37)7(2-44-48(42,43)47-17)46-22(10)36-5-31-12-20(36)33-24(26)34-21(12)41/h3-7,10,13,16-17,22-23,27,32,37,40H,1-2H2,(H,42,43)(H2,25,28,29)(H3,26,33,34,41)/t6-,7-,10?,13+,16+,17?,22-,23-/m1/s1. The molecule has 0 amide bonds. The molecular formula is C24H25N12O11P. The normalized spacial score (nSPS) is 32.5. The molecule has 3 aliphatic heterocycles. The van der Waals surface area contributed by atoms with E-state index in [4.69, 9.17) is 30.0 Å². The molecule has 252 valence electrons. The SMILES string of the molecule is Nc1nc2c(ncn2[C@@H]2O[C@@H]3COP(=O)(O)OC4[C@@H](CNc5c(c(=O)c5=O)NC2[C@H]3O)O[C@@H](n2cnc3c(N)ncnc32)[C@H]4O)c(=O)[nH]1. The number of nitrogens with zero attached hydrogens (tertiary/aromatic N) is 7. The van der Waals surface area contributed by atoms with Crippen LogP contribution < -0.4 is 38.5 Å². The first-order valence-corrected chi connectivity index (χ1v) is 15.7. The zero-order valence-electron chi connectivity index (χ0n) is 24.1. The van der Waals surface area contributed by atoms with E-state index in [-0.39, 0.29) is 52.0 Å². The molecule has 0 saturated carbocycles. The summed E-state index contributed by atoms with van der Waals surface area (Å²) in [7, 11) is -5.03. The lowest BCUT2D eigenvalue weighted by atomic mass is 10.1. The van der Waals surface area contributed by atoms with Crippen LogP contribution in [0.4, 0.5) is 23.1 Å². The number of nitrogens with two attached hydrogens (primary N) is 2. The summed E-state index contributed by atoms with van der Waals surface area (Å²) in [6.45, 7) is -1.06. The number of aromatic amines is 1. The minimum absolute atomic E-state index is 0.0347. The van der Waals surface area contributed by atoms with Gasteiger partial charge in [0.25, 0.3) is 16.4 Å². The number of imidazole rings is 2. The average molecular weight is 689 g/mol. The van der Waals surface area contributed by atoms with Gasteiger partial charge in [0, 0.05) is 6.54 Å². The first-order chi connectivity index (χ1) is 22.9. The molecule has 10 N–H and O–H groups in total. The Kier molecular flexibility index (Phi) is 6.87. The number of aliphatic hydroxyl groups is 2. The van der Waals surface area contributed by atoms with Crippen LogP contribution in [-0.4, -0.2) is 104 Å². The van der Waals surface area contributed by atoms with Crippen molar-refractivity contribution in [1.29, 1.82) is 0 Å². The zero-order chi connectivity index (χ0) is 33.6. The van der Waals surface area contributed by atoms with E-state index in [1.807, 2.05) is 0 Å². The number of rotatable bonds is 2. The molecule has 2 bridgehead atoms. The number of fused-ring (bicyclic) bond motifs is 6. The minimum Gasteiger partial charge on any atom is -0.388 e. The Morgan fingerprint density at radius 2 is 1.60 bits per heavy atom. The van der Waals surface area contributed by atoms with Gasteiger partial charge in [-0.05, 0) is 0 Å². The Labute approximate surface area is 264 Å². The molecule has 3 unspecified atom stereocenters. The van der Waals surface area contributed by atoms with Crippen molar-refractivity contribution in [3.63, 3.8) is 0 Å². The highest BCUT2D eigenvalue weighted by molar-refractivity contribution is 7.47. The summed E-state index contributed by atoms with van der Waals surface area (Å²) in [5.41, 5.74) is 8.97. The van der Waals surface area contributed by atoms with Crippen LogP contribution in [0.25, 0.3) is 22.3 Å². The molecule has 23 nitrogen and oxygen atoms in total. The number of ether oxygens (including phenoxy) is 2. The molecule has 2 fully saturated rings. The van der Waals surface area contributed by atoms with Gasteiger partial charge in [0.2, 0.25) is 5.95 Å². The average Bonchev–Trinajstić information content (AvgIpc) is 3.80. The third kappa shape index (κ3) is 4.67. The molecule has 7 heterocycles. The maximum atomic E-state index is 13.3. The van der Waals surface area contributed by atoms with E-state index in [0.29, 0.717) is 0 Å². The molecule has 24 heteroatoms. The summed E-state index contributed by atoms with van der Waals surface area (Å²) in [5, 5.41) is 28.2. The van der Waals surface area contributed by atoms with Gasteiger partial charge < -0.3 is 46.7 Å². The highest BCUT2D eigenvalue weighted by Gasteiger charge is 2.51. The molecule has 1 aromatic carbocycles. The smallest absolute Gasteiger partial charge is 0.388 e. The van der Waals surface area contributed by atoms with Crippen molar-refractivity contribution in [2.45, 2.75) is 49.0 Å². The molecule has 5 aromatic rings. The number of nitrogens with one attached hydrogen (secondary N) is 3. The second kappa shape index (κ2) is 10.8. The van der Waals surface area contributed by atoms with Crippen LogP contribution in [0.1, 0.15) is 12.5 Å². The fraction of sp³-hybridized carbons (Fsp3) is 0.417. The van der Waals surface area contributed by atoms with Crippen molar-refractivity contribution >= 4 is 53.3 Å². The lowest BCUT2D eigenvalue weighted by Gasteiger charge is -2.27. The molecule has 0 aliphatic carbocycles. The third-order valence-electron chi connectivity index (χ3n) is 8.42. The summed E-state index contributed by atoms with van der Waals surface area (Å²) in [5.74, 6) is -0.175. The molecule has 48 heavy (non-hydrogen) atoms. The van der Waals surface area contributed by atoms with Gasteiger partial charge in [0.05, 0.1) is 19.3 Å². The topological polar surface area (TPSA) is 332 Å². The Balaban J connectivity index is 1.15. The largest absolute Gasteiger partial charge is 0.472 e. The van der Waals surface area contributed by atoms with E-state index >= 15 is 0 Å². The number of hydrogen-bond acceptors (Lipinski definition) is 19. The first-order valence-electron chi connectivity index (χ1n) is 14.2. The van der Waals surface area contributed by atoms with E-state index in [1.165, 1.54) is 28.1 Å². The van der Waals surface area contributed by atoms with Gasteiger partial charge in [-0.1, -0.05) is 0 Å². The molecule has 0 radical (unpaired) electrons. The second-order valence-electron chi connectivity index (χ2n) is 11.3. The minimum atomic E-state index is -5.03. The van der Waals surface area contributed by atoms with Gasteiger partial charge in [-0.15, -0.1) is 0 Å². The number of phosphoric acid groups is 1. The molecule has 4 aromatic heterocycles. The van der Waals surface area contributed by atoms with Gasteiger partial charge in [-0.25, -0.2) is 24.5 Å².